The van der Waals surface area contributed by atoms with Crippen LogP contribution >= 0.6 is 0 Å². The van der Waals surface area contributed by atoms with E-state index < -0.39 is 36.4 Å². The molecule has 0 unspecified atom stereocenters. The summed E-state index contributed by atoms with van der Waals surface area (Å²) in [5.74, 6) is -5.98. The van der Waals surface area contributed by atoms with Crippen molar-refractivity contribution in [2.24, 2.45) is 0 Å². The smallest absolute Gasteiger partial charge is 0.550 e. The third kappa shape index (κ3) is 6.86. The van der Waals surface area contributed by atoms with Crippen LogP contribution in [-0.2, 0) is 31.5 Å². The van der Waals surface area contributed by atoms with Crippen molar-refractivity contribution in [3.63, 3.8) is 0 Å². The van der Waals surface area contributed by atoms with Gasteiger partial charge in [0.2, 0.25) is 0 Å². The van der Waals surface area contributed by atoms with Crippen LogP contribution < -0.4 is 15.3 Å². The van der Waals surface area contributed by atoms with E-state index in [-0.39, 0.29) is 22.5 Å². The molecule has 0 aromatic carbocycles. The molecule has 0 aromatic heterocycles. The molecular weight excluding hydrogens is 256 g/mol. The van der Waals surface area contributed by atoms with Crippen LogP contribution in [0.4, 0.5) is 0 Å². The molecule has 0 spiro atoms. The second-order valence-corrected chi connectivity index (χ2v) is 2.42. The molecule has 88 valence electrons. The summed E-state index contributed by atoms with van der Waals surface area (Å²) in [6, 6.07) is 0. The minimum absolute atomic E-state index is 0. The van der Waals surface area contributed by atoms with Crippen LogP contribution in [0.1, 0.15) is 12.8 Å². The maximum Gasteiger partial charge on any atom is 2.00 e. The van der Waals surface area contributed by atoms with Gasteiger partial charge in [0.1, 0.15) is 5.60 Å². The van der Waals surface area contributed by atoms with Gasteiger partial charge in [-0.05, 0) is 0 Å². The van der Waals surface area contributed by atoms with E-state index in [1.807, 2.05) is 0 Å². The zero-order valence-electron chi connectivity index (χ0n) is 7.16. The number of aliphatic carboxylic acids is 3. The summed E-state index contributed by atoms with van der Waals surface area (Å²) in [4.78, 5) is 30.0. The summed E-state index contributed by atoms with van der Waals surface area (Å²) in [5, 5.41) is 38.9. The topological polar surface area (TPSA) is 172 Å². The van der Waals surface area contributed by atoms with Gasteiger partial charge in [-0.15, -0.1) is 0 Å². The monoisotopic (exact) mass is 263 g/mol. The van der Waals surface area contributed by atoms with Gasteiger partial charge in [-0.25, -0.2) is 0 Å². The number of hydrogen-bond donors (Lipinski definition) is 1. The minimum Gasteiger partial charge on any atom is -0.550 e. The molecule has 8 nitrogen and oxygen atoms in total. The van der Waals surface area contributed by atoms with E-state index in [0.29, 0.717) is 0 Å². The largest absolute Gasteiger partial charge is 2.00 e. The number of carbonyl (C=O) groups excluding carboxylic acids is 3. The van der Waals surface area contributed by atoms with Crippen molar-refractivity contribution < 1.29 is 57.4 Å². The standard InChI is InChI=1S/C6H8O7.Fe.H2O/c7-3(8)1-6(13,5(11)12)2-4(9)10;;/h13H,1-2H2,(H,7,8)(H,9,10)(H,11,12);;1H2/q;+2;/p-3. The van der Waals surface area contributed by atoms with E-state index in [0.717, 1.165) is 0 Å². The Morgan fingerprint density at radius 3 is 1.40 bits per heavy atom. The normalized spacial score (nSPS) is 9.40. The molecule has 3 N–H and O–H groups in total. The van der Waals surface area contributed by atoms with Crippen LogP contribution in [0.25, 0.3) is 0 Å². The predicted molar refractivity (Wildman–Crippen MR) is 32.8 cm³/mol. The number of carboxylic acid groups (broad SMARTS) is 3. The Balaban J connectivity index is -0.000000720. The molecule has 15 heavy (non-hydrogen) atoms. The van der Waals surface area contributed by atoms with E-state index in [4.69, 9.17) is 5.11 Å². The van der Waals surface area contributed by atoms with Crippen LogP contribution in [0.5, 0.6) is 0 Å². The van der Waals surface area contributed by atoms with Crippen LogP contribution in [0.2, 0.25) is 0 Å². The second kappa shape index (κ2) is 7.18. The van der Waals surface area contributed by atoms with E-state index in [1.165, 1.54) is 0 Å². The number of hydrogen-bond acceptors (Lipinski definition) is 7. The Morgan fingerprint density at radius 1 is 1.00 bits per heavy atom. The first-order valence-corrected chi connectivity index (χ1v) is 3.11. The van der Waals surface area contributed by atoms with Gasteiger partial charge >= 0.3 is 17.1 Å². The Morgan fingerprint density at radius 2 is 1.27 bits per heavy atom. The SMILES string of the molecule is O.O=C([O-])CC(O)(CC(=O)[O-])C(=O)[O-].[Fe+2]. The quantitative estimate of drug-likeness (QED) is 0.480. The molecule has 0 aliphatic heterocycles. The summed E-state index contributed by atoms with van der Waals surface area (Å²) in [7, 11) is 0. The first-order chi connectivity index (χ1) is 5.78. The fourth-order valence-electron chi connectivity index (χ4n) is 0.684. The fraction of sp³-hybridized carbons (Fsp3) is 0.500. The van der Waals surface area contributed by atoms with E-state index in [9.17, 15) is 29.7 Å². The number of carboxylic acids is 3. The average molecular weight is 263 g/mol. The van der Waals surface area contributed by atoms with Gasteiger partial charge in [0.15, 0.2) is 0 Å². The average Bonchev–Trinajstić information content (AvgIpc) is 1.82. The molecule has 0 bridgehead atoms. The summed E-state index contributed by atoms with van der Waals surface area (Å²) < 4.78 is 0. The Kier molecular flexibility index (Phi) is 9.30. The molecule has 0 saturated heterocycles. The molecule has 0 aromatic rings. The van der Waals surface area contributed by atoms with Gasteiger partial charge in [0, 0.05) is 24.8 Å². The molecule has 9 heteroatoms. The first kappa shape index (κ1) is 19.4. The molecule has 0 aliphatic rings. The molecule has 0 radical (unpaired) electrons. The van der Waals surface area contributed by atoms with Crippen LogP contribution in [0, 0.1) is 0 Å². The van der Waals surface area contributed by atoms with Crippen molar-refractivity contribution >= 4 is 17.9 Å². The zero-order chi connectivity index (χ0) is 10.6. The van der Waals surface area contributed by atoms with Crippen molar-refractivity contribution in [2.45, 2.75) is 18.4 Å². The fourth-order valence-corrected chi connectivity index (χ4v) is 0.684. The molecule has 0 atom stereocenters. The molecule has 0 amide bonds. The van der Waals surface area contributed by atoms with Crippen molar-refractivity contribution in [2.75, 3.05) is 0 Å². The van der Waals surface area contributed by atoms with Crippen LogP contribution in [0.15, 0.2) is 0 Å². The van der Waals surface area contributed by atoms with Gasteiger partial charge in [0.25, 0.3) is 0 Å². The van der Waals surface area contributed by atoms with Gasteiger partial charge < -0.3 is 40.3 Å². The predicted octanol–water partition coefficient (Wildman–Crippen LogP) is -6.08. The van der Waals surface area contributed by atoms with Gasteiger partial charge in [-0.2, -0.15) is 0 Å². The maximum absolute atomic E-state index is 10.1. The molecule has 0 heterocycles. The Hall–Kier alpha value is -1.15. The van der Waals surface area contributed by atoms with Gasteiger partial charge in [-0.1, -0.05) is 0 Å². The zero-order valence-corrected chi connectivity index (χ0v) is 8.27. The third-order valence-corrected chi connectivity index (χ3v) is 1.25. The molecular formula is C6H7FeO8-. The molecule has 0 rings (SSSR count). The summed E-state index contributed by atoms with van der Waals surface area (Å²) >= 11 is 0. The Labute approximate surface area is 94.3 Å². The molecule has 0 aliphatic carbocycles. The van der Waals surface area contributed by atoms with E-state index in [2.05, 4.69) is 0 Å². The van der Waals surface area contributed by atoms with Crippen molar-refractivity contribution in [1.29, 1.82) is 0 Å². The summed E-state index contributed by atoms with van der Waals surface area (Å²) in [6.07, 6.45) is -2.72. The van der Waals surface area contributed by atoms with Crippen LogP contribution in [-0.4, -0.2) is 34.1 Å². The first-order valence-electron chi connectivity index (χ1n) is 3.11. The molecule has 0 fully saturated rings. The van der Waals surface area contributed by atoms with Gasteiger partial charge in [-0.3, -0.25) is 0 Å². The van der Waals surface area contributed by atoms with E-state index >= 15 is 0 Å². The van der Waals surface area contributed by atoms with Crippen molar-refractivity contribution in [3.8, 4) is 0 Å². The Bertz CT molecular complexity index is 234. The number of carbonyl (C=O) groups is 3. The minimum atomic E-state index is -2.97. The summed E-state index contributed by atoms with van der Waals surface area (Å²) in [5.41, 5.74) is -2.97. The van der Waals surface area contributed by atoms with Crippen molar-refractivity contribution in [1.82, 2.24) is 0 Å². The molecule has 0 saturated carbocycles. The third-order valence-electron chi connectivity index (χ3n) is 1.25. The van der Waals surface area contributed by atoms with Crippen molar-refractivity contribution in [3.05, 3.63) is 0 Å². The summed E-state index contributed by atoms with van der Waals surface area (Å²) in [6.45, 7) is 0. The number of rotatable bonds is 5. The van der Waals surface area contributed by atoms with Crippen LogP contribution in [0.3, 0.4) is 0 Å². The second-order valence-electron chi connectivity index (χ2n) is 2.42. The van der Waals surface area contributed by atoms with Gasteiger partial charge in [0.05, 0.1) is 5.97 Å². The number of aliphatic hydroxyl groups is 1. The maximum atomic E-state index is 10.1. The van der Waals surface area contributed by atoms with E-state index in [1.54, 1.807) is 0 Å².